The van der Waals surface area contributed by atoms with E-state index in [1.54, 1.807) is 19.1 Å². The average molecular weight is 331 g/mol. The molecule has 23 heavy (non-hydrogen) atoms. The Balaban J connectivity index is 2.04. The summed E-state index contributed by atoms with van der Waals surface area (Å²) in [5.41, 5.74) is 1.98. The van der Waals surface area contributed by atoms with Crippen LogP contribution in [0.3, 0.4) is 0 Å². The molecule has 122 valence electrons. The molecule has 1 N–H and O–H groups in total. The number of sulfonamides is 1. The van der Waals surface area contributed by atoms with Gasteiger partial charge in [0, 0.05) is 0 Å². The first-order chi connectivity index (χ1) is 10.9. The van der Waals surface area contributed by atoms with Gasteiger partial charge in [-0.05, 0) is 38.0 Å². The summed E-state index contributed by atoms with van der Waals surface area (Å²) in [7, 11) is -3.89. The van der Waals surface area contributed by atoms with Gasteiger partial charge < -0.3 is 5.11 Å². The Morgan fingerprint density at radius 3 is 2.35 bits per heavy atom. The molecule has 2 aromatic carbocycles. The van der Waals surface area contributed by atoms with Crippen molar-refractivity contribution in [2.75, 3.05) is 0 Å². The van der Waals surface area contributed by atoms with Crippen LogP contribution in [0.1, 0.15) is 18.1 Å². The van der Waals surface area contributed by atoms with Crippen LogP contribution in [0.5, 0.6) is 0 Å². The van der Waals surface area contributed by atoms with E-state index in [-0.39, 0.29) is 10.9 Å². The molecule has 0 aliphatic heterocycles. The number of hydrogen-bond donors (Lipinski definition) is 1. The normalized spacial score (nSPS) is 13.6. The fourth-order valence-corrected chi connectivity index (χ4v) is 3.01. The molecule has 0 fully saturated rings. The van der Waals surface area contributed by atoms with Gasteiger partial charge in [-0.2, -0.15) is 0 Å². The molecule has 0 unspecified atom stereocenters. The summed E-state index contributed by atoms with van der Waals surface area (Å²) in [5, 5.41) is 11.8. The summed E-state index contributed by atoms with van der Waals surface area (Å²) in [6, 6.07) is 14.7. The van der Waals surface area contributed by atoms with Crippen LogP contribution < -0.4 is 9.83 Å². The second-order valence-corrected chi connectivity index (χ2v) is 7.07. The SMILES string of the molecule is Cc1ccc(S(=O)(=O)NC([O-])=N[C@@H](C)Cc2ccccc2)cc1. The maximum Gasteiger partial charge on any atom is 0.262 e. The molecule has 0 bridgehead atoms. The van der Waals surface area contributed by atoms with Crippen molar-refractivity contribution in [1.82, 2.24) is 4.72 Å². The fraction of sp³-hybridized carbons (Fsp3) is 0.235. The first kappa shape index (κ1) is 17.0. The molecule has 6 heteroatoms. The van der Waals surface area contributed by atoms with Crippen LogP contribution in [0.4, 0.5) is 0 Å². The minimum atomic E-state index is -3.89. The lowest BCUT2D eigenvalue weighted by Gasteiger charge is -2.17. The second-order valence-electron chi connectivity index (χ2n) is 5.39. The lowest BCUT2D eigenvalue weighted by Crippen LogP contribution is -2.40. The van der Waals surface area contributed by atoms with Crippen LogP contribution in [0.15, 0.2) is 64.5 Å². The first-order valence-corrected chi connectivity index (χ1v) is 8.73. The monoisotopic (exact) mass is 331 g/mol. The molecule has 2 rings (SSSR count). The van der Waals surface area contributed by atoms with Crippen molar-refractivity contribution in [1.29, 1.82) is 0 Å². The van der Waals surface area contributed by atoms with Gasteiger partial charge in [0.1, 0.15) is 0 Å². The molecule has 0 saturated heterocycles. The lowest BCUT2D eigenvalue weighted by atomic mass is 10.1. The molecule has 0 heterocycles. The van der Waals surface area contributed by atoms with Crippen LogP contribution in [0.2, 0.25) is 0 Å². The summed E-state index contributed by atoms with van der Waals surface area (Å²) >= 11 is 0. The highest BCUT2D eigenvalue weighted by atomic mass is 32.2. The smallest absolute Gasteiger partial charge is 0.262 e. The van der Waals surface area contributed by atoms with E-state index in [1.165, 1.54) is 12.1 Å². The van der Waals surface area contributed by atoms with Crippen LogP contribution >= 0.6 is 0 Å². The number of nitrogens with zero attached hydrogens (tertiary/aromatic N) is 1. The molecule has 1 atom stereocenters. The predicted molar refractivity (Wildman–Crippen MR) is 88.5 cm³/mol. The molecule has 0 aliphatic carbocycles. The van der Waals surface area contributed by atoms with Gasteiger partial charge in [0.05, 0.1) is 17.0 Å². The maximum atomic E-state index is 12.1. The largest absolute Gasteiger partial charge is 0.846 e. The van der Waals surface area contributed by atoms with Gasteiger partial charge >= 0.3 is 0 Å². The minimum absolute atomic E-state index is 0.0439. The topological polar surface area (TPSA) is 81.6 Å². The molecule has 0 radical (unpaired) electrons. The van der Waals surface area contributed by atoms with Gasteiger partial charge in [0.25, 0.3) is 10.0 Å². The van der Waals surface area contributed by atoms with E-state index in [0.29, 0.717) is 6.42 Å². The van der Waals surface area contributed by atoms with Gasteiger partial charge in [-0.25, -0.2) is 8.42 Å². The molecule has 5 nitrogen and oxygen atoms in total. The highest BCUT2D eigenvalue weighted by Gasteiger charge is 2.13. The summed E-state index contributed by atoms with van der Waals surface area (Å²) in [4.78, 5) is 3.92. The van der Waals surface area contributed by atoms with E-state index >= 15 is 0 Å². The quantitative estimate of drug-likeness (QED) is 0.668. The van der Waals surface area contributed by atoms with Gasteiger partial charge in [-0.15, -0.1) is 0 Å². The van der Waals surface area contributed by atoms with E-state index < -0.39 is 16.0 Å². The third-order valence-electron chi connectivity index (χ3n) is 3.26. The van der Waals surface area contributed by atoms with E-state index in [0.717, 1.165) is 11.1 Å². The molecule has 0 spiro atoms. The van der Waals surface area contributed by atoms with Crippen LogP contribution in [-0.4, -0.2) is 20.5 Å². The van der Waals surface area contributed by atoms with Crippen LogP contribution in [-0.2, 0) is 16.4 Å². The Bertz CT molecular complexity index is 769. The third kappa shape index (κ3) is 5.10. The highest BCUT2D eigenvalue weighted by molar-refractivity contribution is 7.90. The Kier molecular flexibility index (Phi) is 5.39. The number of nitrogens with one attached hydrogen (secondary N) is 1. The van der Waals surface area contributed by atoms with Crippen LogP contribution in [0.25, 0.3) is 0 Å². The van der Waals surface area contributed by atoms with Gasteiger partial charge in [0.2, 0.25) is 0 Å². The van der Waals surface area contributed by atoms with Crippen LogP contribution in [0, 0.1) is 6.92 Å². The van der Waals surface area contributed by atoms with E-state index in [9.17, 15) is 13.5 Å². The standard InChI is InChI=1S/C17H20N2O3S/c1-13-8-10-16(11-9-13)23(21,22)19-17(20)18-14(2)12-15-6-4-3-5-7-15/h3-11,14H,12H2,1-2H3,(H2,18,19,20)/p-1/t14-/m0/s1. The summed E-state index contributed by atoms with van der Waals surface area (Å²) in [5.74, 6) is 0. The Morgan fingerprint density at radius 1 is 1.13 bits per heavy atom. The van der Waals surface area contributed by atoms with Gasteiger partial charge in [-0.1, -0.05) is 48.0 Å². The lowest BCUT2D eigenvalue weighted by molar-refractivity contribution is -0.219. The number of hydrogen-bond acceptors (Lipinski definition) is 4. The first-order valence-electron chi connectivity index (χ1n) is 7.25. The Morgan fingerprint density at radius 2 is 1.74 bits per heavy atom. The van der Waals surface area contributed by atoms with Crippen molar-refractivity contribution in [2.45, 2.75) is 31.2 Å². The average Bonchev–Trinajstić information content (AvgIpc) is 2.47. The molecule has 2 aromatic rings. The zero-order valence-electron chi connectivity index (χ0n) is 13.1. The molecular formula is C17H19N2O3S-. The van der Waals surface area contributed by atoms with Crippen molar-refractivity contribution in [3.8, 4) is 0 Å². The number of amidine groups is 1. The predicted octanol–water partition coefficient (Wildman–Crippen LogP) is 1.62. The fourth-order valence-electron chi connectivity index (χ4n) is 2.12. The van der Waals surface area contributed by atoms with Crippen molar-refractivity contribution in [3.63, 3.8) is 0 Å². The van der Waals surface area contributed by atoms with Gasteiger partial charge in [-0.3, -0.25) is 9.71 Å². The minimum Gasteiger partial charge on any atom is -0.846 e. The summed E-state index contributed by atoms with van der Waals surface area (Å²) in [6.45, 7) is 3.63. The Labute approximate surface area is 136 Å². The molecular weight excluding hydrogens is 312 g/mol. The number of rotatable bonds is 5. The zero-order chi connectivity index (χ0) is 16.9. The third-order valence-corrected chi connectivity index (χ3v) is 4.60. The molecule has 0 aliphatic rings. The van der Waals surface area contributed by atoms with Crippen molar-refractivity contribution in [3.05, 3.63) is 65.7 Å². The number of benzene rings is 2. The second kappa shape index (κ2) is 7.28. The molecule has 0 saturated carbocycles. The highest BCUT2D eigenvalue weighted by Crippen LogP contribution is 2.10. The number of aryl methyl sites for hydroxylation is 1. The van der Waals surface area contributed by atoms with E-state index in [1.807, 2.05) is 42.0 Å². The number of aliphatic imine (C=N–C) groups is 1. The van der Waals surface area contributed by atoms with Gasteiger partial charge in [0.15, 0.2) is 0 Å². The van der Waals surface area contributed by atoms with Crippen molar-refractivity contribution >= 4 is 16.0 Å². The van der Waals surface area contributed by atoms with E-state index in [4.69, 9.17) is 0 Å². The van der Waals surface area contributed by atoms with E-state index in [2.05, 4.69) is 4.99 Å². The van der Waals surface area contributed by atoms with Crippen molar-refractivity contribution < 1.29 is 13.5 Å². The Hall–Kier alpha value is -2.34. The summed E-state index contributed by atoms with van der Waals surface area (Å²) < 4.78 is 26.2. The maximum absolute atomic E-state index is 12.1. The molecule has 0 amide bonds. The van der Waals surface area contributed by atoms with Crippen molar-refractivity contribution in [2.24, 2.45) is 4.99 Å². The zero-order valence-corrected chi connectivity index (χ0v) is 13.9. The summed E-state index contributed by atoms with van der Waals surface area (Å²) in [6.07, 6.45) is 0.568. The molecule has 0 aromatic heterocycles.